The van der Waals surface area contributed by atoms with Crippen LogP contribution in [0.25, 0.3) is 0 Å². The zero-order chi connectivity index (χ0) is 21.4. The third-order valence-corrected chi connectivity index (χ3v) is 4.66. The van der Waals surface area contributed by atoms with Crippen molar-refractivity contribution >= 4 is 27.6 Å². The molecule has 0 unspecified atom stereocenters. The van der Waals surface area contributed by atoms with Crippen LogP contribution in [-0.4, -0.2) is 27.4 Å². The van der Waals surface area contributed by atoms with Gasteiger partial charge in [-0.3, -0.25) is 4.79 Å². The van der Waals surface area contributed by atoms with Crippen molar-refractivity contribution < 1.29 is 22.7 Å². The fourth-order valence-electron chi connectivity index (χ4n) is 2.22. The Morgan fingerprint density at radius 3 is 2.28 bits per heavy atom. The first-order valence-electron chi connectivity index (χ1n) is 8.19. The van der Waals surface area contributed by atoms with E-state index in [1.54, 1.807) is 30.3 Å². The van der Waals surface area contributed by atoms with Crippen LogP contribution in [0, 0.1) is 11.3 Å². The highest BCUT2D eigenvalue weighted by Gasteiger charge is 2.11. The van der Waals surface area contributed by atoms with Crippen LogP contribution in [0.3, 0.4) is 0 Å². The van der Waals surface area contributed by atoms with Gasteiger partial charge in [-0.1, -0.05) is 12.1 Å². The van der Waals surface area contributed by atoms with E-state index in [1.807, 2.05) is 0 Å². The molecule has 9 nitrogen and oxygen atoms in total. The quantitative estimate of drug-likeness (QED) is 0.350. The normalized spacial score (nSPS) is 11.3. The van der Waals surface area contributed by atoms with Crippen LogP contribution in [0.1, 0.15) is 15.9 Å². The molecule has 0 saturated heterocycles. The number of anilines is 1. The maximum atomic E-state index is 12.2. The zero-order valence-corrected chi connectivity index (χ0v) is 16.2. The fourth-order valence-corrected chi connectivity index (χ4v) is 2.74. The zero-order valence-electron chi connectivity index (χ0n) is 15.4. The van der Waals surface area contributed by atoms with Crippen molar-refractivity contribution in [3.05, 3.63) is 71.4 Å². The number of rotatable bonds is 7. The summed E-state index contributed by atoms with van der Waals surface area (Å²) in [4.78, 5) is 23.5. The predicted octanol–water partition coefficient (Wildman–Crippen LogP) is 1.26. The topological polar surface area (TPSA) is 151 Å². The van der Waals surface area contributed by atoms with Gasteiger partial charge < -0.3 is 15.4 Å². The highest BCUT2D eigenvalue weighted by Crippen LogP contribution is 2.13. The van der Waals surface area contributed by atoms with E-state index in [0.717, 1.165) is 5.56 Å². The van der Waals surface area contributed by atoms with E-state index in [0.29, 0.717) is 17.8 Å². The average Bonchev–Trinajstić information content (AvgIpc) is 2.70. The number of hydrogen-bond acceptors (Lipinski definition) is 7. The Morgan fingerprint density at radius 1 is 1.14 bits per heavy atom. The van der Waals surface area contributed by atoms with Gasteiger partial charge in [0.15, 0.2) is 0 Å². The molecule has 4 N–H and O–H groups in total. The average molecular weight is 414 g/mol. The lowest BCUT2D eigenvalue weighted by Gasteiger charge is -2.06. The highest BCUT2D eigenvalue weighted by atomic mass is 32.2. The molecule has 0 heterocycles. The molecule has 0 aliphatic rings. The third kappa shape index (κ3) is 6.17. The molecular weight excluding hydrogens is 396 g/mol. The van der Waals surface area contributed by atoms with Crippen LogP contribution < -0.4 is 15.8 Å². The number of esters is 1. The minimum Gasteiger partial charge on any atom is -0.465 e. The van der Waals surface area contributed by atoms with Crippen molar-refractivity contribution in [1.29, 1.82) is 5.26 Å². The third-order valence-electron chi connectivity index (χ3n) is 3.73. The van der Waals surface area contributed by atoms with E-state index < -0.39 is 21.9 Å². The second kappa shape index (κ2) is 9.50. The van der Waals surface area contributed by atoms with E-state index in [2.05, 4.69) is 15.4 Å². The molecule has 0 saturated carbocycles. The maximum Gasteiger partial charge on any atom is 0.337 e. The Bertz CT molecular complexity index is 1070. The van der Waals surface area contributed by atoms with Crippen molar-refractivity contribution in [1.82, 2.24) is 5.32 Å². The van der Waals surface area contributed by atoms with Gasteiger partial charge in [0, 0.05) is 18.4 Å². The van der Waals surface area contributed by atoms with E-state index in [-0.39, 0.29) is 10.5 Å². The van der Waals surface area contributed by atoms with Crippen molar-refractivity contribution in [2.24, 2.45) is 5.14 Å². The summed E-state index contributed by atoms with van der Waals surface area (Å²) in [6.45, 7) is 0.322. The van der Waals surface area contributed by atoms with Gasteiger partial charge in [-0.25, -0.2) is 18.4 Å². The molecule has 150 valence electrons. The van der Waals surface area contributed by atoms with Crippen LogP contribution in [0.5, 0.6) is 0 Å². The number of primary sulfonamides is 1. The van der Waals surface area contributed by atoms with Gasteiger partial charge in [0.05, 0.1) is 17.6 Å². The van der Waals surface area contributed by atoms with E-state index in [1.165, 1.54) is 37.6 Å². The number of benzene rings is 2. The van der Waals surface area contributed by atoms with E-state index in [9.17, 15) is 23.3 Å². The molecule has 0 aliphatic heterocycles. The van der Waals surface area contributed by atoms with Crippen LogP contribution in [0.4, 0.5) is 5.69 Å². The van der Waals surface area contributed by atoms with Crippen molar-refractivity contribution in [2.45, 2.75) is 11.4 Å². The number of nitrogens with one attached hydrogen (secondary N) is 2. The molecule has 1 amide bonds. The highest BCUT2D eigenvalue weighted by molar-refractivity contribution is 7.89. The monoisotopic (exact) mass is 414 g/mol. The summed E-state index contributed by atoms with van der Waals surface area (Å²) in [5, 5.41) is 19.5. The first-order valence-corrected chi connectivity index (χ1v) is 9.74. The van der Waals surface area contributed by atoms with E-state index in [4.69, 9.17) is 5.14 Å². The number of nitriles is 1. The first kappa shape index (κ1) is 21.6. The number of carbonyl (C=O) groups is 2. The van der Waals surface area contributed by atoms with Gasteiger partial charge in [-0.05, 0) is 42.0 Å². The molecule has 29 heavy (non-hydrogen) atoms. The number of carbonyl (C=O) groups excluding carboxylic acids is 2. The molecule has 2 aromatic rings. The number of nitrogens with zero attached hydrogens (tertiary/aromatic N) is 1. The first-order chi connectivity index (χ1) is 13.7. The van der Waals surface area contributed by atoms with Gasteiger partial charge >= 0.3 is 5.97 Å². The molecular formula is C19H18N4O5S. The maximum absolute atomic E-state index is 12.2. The number of nitrogens with two attached hydrogens (primary N) is 1. The lowest BCUT2D eigenvalue weighted by molar-refractivity contribution is -0.112. The summed E-state index contributed by atoms with van der Waals surface area (Å²) in [6, 6.07) is 13.6. The van der Waals surface area contributed by atoms with Gasteiger partial charge in [-0.15, -0.1) is 0 Å². The summed E-state index contributed by atoms with van der Waals surface area (Å²) in [5.74, 6) is -1.10. The molecule has 0 bridgehead atoms. The predicted molar refractivity (Wildman–Crippen MR) is 105 cm³/mol. The minimum atomic E-state index is -3.83. The van der Waals surface area contributed by atoms with Crippen molar-refractivity contribution in [2.75, 3.05) is 12.4 Å². The van der Waals surface area contributed by atoms with E-state index >= 15 is 0 Å². The Hall–Kier alpha value is -3.68. The van der Waals surface area contributed by atoms with Crippen LogP contribution >= 0.6 is 0 Å². The lowest BCUT2D eigenvalue weighted by Crippen LogP contribution is -2.17. The van der Waals surface area contributed by atoms with Gasteiger partial charge in [-0.2, -0.15) is 5.26 Å². The number of hydrogen-bond donors (Lipinski definition) is 3. The Kier molecular flexibility index (Phi) is 7.08. The molecule has 10 heteroatoms. The van der Waals surface area contributed by atoms with Gasteiger partial charge in [0.2, 0.25) is 10.0 Å². The summed E-state index contributed by atoms with van der Waals surface area (Å²) in [5.41, 5.74) is 1.37. The smallest absolute Gasteiger partial charge is 0.337 e. The van der Waals surface area contributed by atoms with Gasteiger partial charge in [0.1, 0.15) is 11.6 Å². The summed E-state index contributed by atoms with van der Waals surface area (Å²) in [6.07, 6.45) is 1.27. The standard InChI is InChI=1S/C19H18N4O5S/c1-28-19(25)14-4-2-13(3-5-14)11-22-12-15(10-20)18(24)23-16-6-8-17(9-7-16)29(21,26)27/h2-9,12,22H,11H2,1H3,(H,23,24)(H2,21,26,27)/b15-12-. The summed E-state index contributed by atoms with van der Waals surface area (Å²) in [7, 11) is -2.53. The minimum absolute atomic E-state index is 0.0913. The largest absolute Gasteiger partial charge is 0.465 e. The molecule has 2 rings (SSSR count). The number of methoxy groups -OCH3 is 1. The molecule has 0 radical (unpaired) electrons. The van der Waals surface area contributed by atoms with Crippen LogP contribution in [-0.2, 0) is 26.1 Å². The van der Waals surface area contributed by atoms with Crippen LogP contribution in [0.15, 0.2) is 65.2 Å². The Labute approximate surface area is 167 Å². The molecule has 0 fully saturated rings. The van der Waals surface area contributed by atoms with Crippen LogP contribution in [0.2, 0.25) is 0 Å². The van der Waals surface area contributed by atoms with Crippen molar-refractivity contribution in [3.8, 4) is 6.07 Å². The molecule has 0 aliphatic carbocycles. The Balaban J connectivity index is 1.97. The molecule has 0 aromatic heterocycles. The molecule has 0 spiro atoms. The second-order valence-corrected chi connectivity index (χ2v) is 7.32. The SMILES string of the molecule is COC(=O)c1ccc(CN/C=C(/C#N)C(=O)Nc2ccc(S(N)(=O)=O)cc2)cc1. The molecule has 0 atom stereocenters. The number of sulfonamides is 1. The fraction of sp³-hybridized carbons (Fsp3) is 0.105. The summed E-state index contributed by atoms with van der Waals surface area (Å²) < 4.78 is 27.1. The number of amides is 1. The second-order valence-electron chi connectivity index (χ2n) is 5.76. The van der Waals surface area contributed by atoms with Crippen molar-refractivity contribution in [3.63, 3.8) is 0 Å². The molecule has 2 aromatic carbocycles. The lowest BCUT2D eigenvalue weighted by atomic mass is 10.1. The van der Waals surface area contributed by atoms with Gasteiger partial charge in [0.25, 0.3) is 5.91 Å². The Morgan fingerprint density at radius 2 is 1.76 bits per heavy atom. The summed E-state index contributed by atoms with van der Waals surface area (Å²) >= 11 is 0. The number of ether oxygens (including phenoxy) is 1.